The van der Waals surface area contributed by atoms with E-state index in [0.29, 0.717) is 6.07 Å². The third kappa shape index (κ3) is 7.89. The molecule has 2 aromatic carbocycles. The number of carboxylic acids is 1. The summed E-state index contributed by atoms with van der Waals surface area (Å²) in [6.45, 7) is -0.861. The molecule has 0 unspecified atom stereocenters. The zero-order valence-corrected chi connectivity index (χ0v) is 18.1. The summed E-state index contributed by atoms with van der Waals surface area (Å²) in [6, 6.07) is 5.65. The van der Waals surface area contributed by atoms with E-state index in [9.17, 15) is 40.7 Å². The molecule has 0 heterocycles. The number of nitrogens with one attached hydrogen (secondary N) is 4. The first-order valence-electron chi connectivity index (χ1n) is 9.90. The van der Waals surface area contributed by atoms with Gasteiger partial charge in [-0.15, -0.1) is 0 Å². The zero-order valence-electron chi connectivity index (χ0n) is 18.1. The molecule has 0 fully saturated rings. The van der Waals surface area contributed by atoms with Crippen LogP contribution in [0.15, 0.2) is 36.4 Å². The first-order valence-corrected chi connectivity index (χ1v) is 9.90. The first kappa shape index (κ1) is 27.9. The molecule has 36 heavy (non-hydrogen) atoms. The van der Waals surface area contributed by atoms with Crippen LogP contribution in [0.4, 0.5) is 37.7 Å². The minimum Gasteiger partial charge on any atom is -0.481 e. The Labute approximate surface area is 199 Å². The van der Waals surface area contributed by atoms with E-state index >= 15 is 0 Å². The molecule has 0 aliphatic heterocycles. The fraction of sp³-hybridized carbons (Fsp3) is 0.238. The second kappa shape index (κ2) is 11.0. The van der Waals surface area contributed by atoms with E-state index < -0.39 is 77.9 Å². The van der Waals surface area contributed by atoms with Gasteiger partial charge in [-0.3, -0.25) is 19.8 Å². The van der Waals surface area contributed by atoms with E-state index in [1.54, 1.807) is 0 Å². The molecule has 15 heteroatoms. The molecule has 7 N–H and O–H groups in total. The van der Waals surface area contributed by atoms with E-state index in [-0.39, 0.29) is 17.3 Å². The Morgan fingerprint density at radius 1 is 0.972 bits per heavy atom. The van der Waals surface area contributed by atoms with Crippen LogP contribution in [0.5, 0.6) is 0 Å². The van der Waals surface area contributed by atoms with Crippen molar-refractivity contribution in [2.45, 2.75) is 25.2 Å². The number of aliphatic carboxylic acids is 1. The van der Waals surface area contributed by atoms with Gasteiger partial charge < -0.3 is 26.8 Å². The molecule has 9 nitrogen and oxygen atoms in total. The molecule has 0 bridgehead atoms. The number of anilines is 2. The molecule has 0 aliphatic rings. The predicted molar refractivity (Wildman–Crippen MR) is 115 cm³/mol. The topological polar surface area (TPSA) is 157 Å². The SMILES string of the molecule is N=C(N)Nc1cccc(C(=O)NCC(=O)Nc2c(CCC(=O)O)cc(C(F)(F)F)cc2C(F)(F)F)c1. The highest BCUT2D eigenvalue weighted by Gasteiger charge is 2.40. The summed E-state index contributed by atoms with van der Waals surface area (Å²) in [5, 5.41) is 22.4. The minimum atomic E-state index is -5.32. The van der Waals surface area contributed by atoms with Crippen LogP contribution in [0, 0.1) is 5.41 Å². The number of halogens is 6. The van der Waals surface area contributed by atoms with Crippen LogP contribution in [0.25, 0.3) is 0 Å². The number of guanidine groups is 1. The van der Waals surface area contributed by atoms with Crippen molar-refractivity contribution in [3.8, 4) is 0 Å². The third-order valence-electron chi connectivity index (χ3n) is 4.54. The number of alkyl halides is 6. The van der Waals surface area contributed by atoms with Crippen LogP contribution in [0.1, 0.15) is 33.5 Å². The number of carboxylic acid groups (broad SMARTS) is 1. The van der Waals surface area contributed by atoms with Gasteiger partial charge in [-0.2, -0.15) is 26.3 Å². The predicted octanol–water partition coefficient (Wildman–Crippen LogP) is 3.42. The number of nitrogens with two attached hydrogens (primary N) is 1. The average Bonchev–Trinajstić information content (AvgIpc) is 2.74. The van der Waals surface area contributed by atoms with Crippen molar-refractivity contribution in [1.82, 2.24) is 5.32 Å². The lowest BCUT2D eigenvalue weighted by Gasteiger charge is -2.20. The second-order valence-electron chi connectivity index (χ2n) is 7.30. The van der Waals surface area contributed by atoms with Gasteiger partial charge in [-0.05, 0) is 42.3 Å². The van der Waals surface area contributed by atoms with E-state index in [1.165, 1.54) is 24.3 Å². The van der Waals surface area contributed by atoms with Gasteiger partial charge in [0.05, 0.1) is 23.4 Å². The number of rotatable bonds is 8. The Morgan fingerprint density at radius 3 is 2.19 bits per heavy atom. The fourth-order valence-corrected chi connectivity index (χ4v) is 3.02. The number of benzene rings is 2. The van der Waals surface area contributed by atoms with Crippen LogP contribution >= 0.6 is 0 Å². The molecule has 0 saturated heterocycles. The van der Waals surface area contributed by atoms with Crippen LogP contribution in [-0.4, -0.2) is 35.4 Å². The maximum absolute atomic E-state index is 13.6. The normalized spacial score (nSPS) is 11.5. The standard InChI is InChI=1S/C21H19F6N5O4/c22-20(23,24)12-6-10(4-5-16(34)35)17(14(8-12)21(25,26)27)32-15(33)9-30-18(36)11-2-1-3-13(7-11)31-19(28)29/h1-3,6-8H,4-5,9H2,(H,30,36)(H,32,33)(H,34,35)(H4,28,29,31). The van der Waals surface area contributed by atoms with Crippen molar-refractivity contribution in [3.05, 3.63) is 58.7 Å². The van der Waals surface area contributed by atoms with Gasteiger partial charge in [0.2, 0.25) is 5.91 Å². The van der Waals surface area contributed by atoms with Gasteiger partial charge in [0.1, 0.15) is 0 Å². The van der Waals surface area contributed by atoms with Gasteiger partial charge in [0.15, 0.2) is 5.96 Å². The number of hydrogen-bond donors (Lipinski definition) is 6. The summed E-state index contributed by atoms with van der Waals surface area (Å²) in [5.41, 5.74) is 0.244. The molecule has 194 valence electrons. The maximum Gasteiger partial charge on any atom is 0.418 e. The molecule has 2 amide bonds. The number of carbonyl (C=O) groups excluding carboxylic acids is 2. The highest BCUT2D eigenvalue weighted by atomic mass is 19.4. The summed E-state index contributed by atoms with van der Waals surface area (Å²) in [7, 11) is 0. The Kier molecular flexibility index (Phi) is 8.51. The zero-order chi connectivity index (χ0) is 27.3. The third-order valence-corrected chi connectivity index (χ3v) is 4.54. The number of aryl methyl sites for hydroxylation is 1. The summed E-state index contributed by atoms with van der Waals surface area (Å²) in [4.78, 5) is 35.5. The van der Waals surface area contributed by atoms with Crippen LogP contribution < -0.4 is 21.7 Å². The summed E-state index contributed by atoms with van der Waals surface area (Å²) < 4.78 is 80.2. The van der Waals surface area contributed by atoms with Gasteiger partial charge in [-0.1, -0.05) is 6.07 Å². The van der Waals surface area contributed by atoms with Crippen LogP contribution in [-0.2, 0) is 28.4 Å². The molecule has 0 saturated carbocycles. The van der Waals surface area contributed by atoms with Crippen molar-refractivity contribution in [3.63, 3.8) is 0 Å². The molecule has 0 radical (unpaired) electrons. The molecule has 2 aromatic rings. The monoisotopic (exact) mass is 519 g/mol. The fourth-order valence-electron chi connectivity index (χ4n) is 3.02. The molecule has 0 aromatic heterocycles. The Morgan fingerprint density at radius 2 is 1.64 bits per heavy atom. The molecule has 2 rings (SSSR count). The second-order valence-corrected chi connectivity index (χ2v) is 7.30. The van der Waals surface area contributed by atoms with Crippen molar-refractivity contribution in [2.75, 3.05) is 17.2 Å². The smallest absolute Gasteiger partial charge is 0.418 e. The lowest BCUT2D eigenvalue weighted by Crippen LogP contribution is -2.33. The Hall–Kier alpha value is -4.30. The van der Waals surface area contributed by atoms with Gasteiger partial charge >= 0.3 is 18.3 Å². The van der Waals surface area contributed by atoms with Gasteiger partial charge in [0, 0.05) is 17.7 Å². The summed E-state index contributed by atoms with van der Waals surface area (Å²) in [5.74, 6) is -3.93. The van der Waals surface area contributed by atoms with E-state index in [0.717, 1.165) is 0 Å². The Balaban J connectivity index is 2.30. The number of carbonyl (C=O) groups is 3. The quantitative estimate of drug-likeness (QED) is 0.178. The first-order chi connectivity index (χ1) is 16.6. The molecular weight excluding hydrogens is 500 g/mol. The molecule has 0 atom stereocenters. The lowest BCUT2D eigenvalue weighted by atomic mass is 9.98. The van der Waals surface area contributed by atoms with Crippen molar-refractivity contribution in [1.29, 1.82) is 5.41 Å². The largest absolute Gasteiger partial charge is 0.481 e. The van der Waals surface area contributed by atoms with E-state index in [2.05, 4.69) is 10.6 Å². The van der Waals surface area contributed by atoms with Gasteiger partial charge in [-0.25, -0.2) is 0 Å². The van der Waals surface area contributed by atoms with Gasteiger partial charge in [0.25, 0.3) is 5.91 Å². The Bertz CT molecular complexity index is 1180. The van der Waals surface area contributed by atoms with E-state index in [4.69, 9.17) is 16.2 Å². The summed E-state index contributed by atoms with van der Waals surface area (Å²) in [6.07, 6.45) is -12.0. The number of hydrogen-bond acceptors (Lipinski definition) is 4. The van der Waals surface area contributed by atoms with Crippen molar-refractivity contribution in [2.24, 2.45) is 5.73 Å². The van der Waals surface area contributed by atoms with E-state index in [1.807, 2.05) is 5.32 Å². The highest BCUT2D eigenvalue weighted by molar-refractivity contribution is 6.01. The van der Waals surface area contributed by atoms with Crippen molar-refractivity contribution < 1.29 is 45.8 Å². The minimum absolute atomic E-state index is 0.00158. The molecule has 0 spiro atoms. The lowest BCUT2D eigenvalue weighted by molar-refractivity contribution is -0.142. The van der Waals surface area contributed by atoms with Crippen LogP contribution in [0.3, 0.4) is 0 Å². The molecular formula is C21H19F6N5O4. The number of amides is 2. The van der Waals surface area contributed by atoms with Crippen molar-refractivity contribution >= 4 is 35.1 Å². The average molecular weight is 519 g/mol. The highest BCUT2D eigenvalue weighted by Crippen LogP contribution is 2.41. The van der Waals surface area contributed by atoms with Crippen LogP contribution in [0.2, 0.25) is 0 Å². The summed E-state index contributed by atoms with van der Waals surface area (Å²) >= 11 is 0. The molecule has 0 aliphatic carbocycles. The maximum atomic E-state index is 13.6.